The molecule has 0 heterocycles. The molecular weight excluding hydrogens is 204 g/mol. The molecule has 88 valence electrons. The van der Waals surface area contributed by atoms with Gasteiger partial charge in [0.2, 0.25) is 12.2 Å². The summed E-state index contributed by atoms with van der Waals surface area (Å²) in [5.74, 6) is 0. The standard InChI is InChI=1S/C12H18N2O2/c1-2-3-4-5-6-7-8-12(14-11-16)9-13-10-15/h9H,2-8H2,1H3. The molecule has 0 rings (SSSR count). The van der Waals surface area contributed by atoms with Crippen molar-refractivity contribution in [3.05, 3.63) is 11.9 Å². The van der Waals surface area contributed by atoms with Gasteiger partial charge in [0.25, 0.3) is 0 Å². The minimum Gasteiger partial charge on any atom is -0.211 e. The van der Waals surface area contributed by atoms with Crippen LogP contribution in [0, 0.1) is 0 Å². The van der Waals surface area contributed by atoms with Gasteiger partial charge in [0.1, 0.15) is 0 Å². The van der Waals surface area contributed by atoms with Gasteiger partial charge in [0.05, 0.1) is 11.9 Å². The van der Waals surface area contributed by atoms with Crippen LogP contribution < -0.4 is 0 Å². The Labute approximate surface area is 96.2 Å². The summed E-state index contributed by atoms with van der Waals surface area (Å²) in [7, 11) is 0. The molecule has 4 heteroatoms. The van der Waals surface area contributed by atoms with Gasteiger partial charge >= 0.3 is 0 Å². The highest BCUT2D eigenvalue weighted by Crippen LogP contribution is 2.12. The van der Waals surface area contributed by atoms with E-state index in [4.69, 9.17) is 0 Å². The van der Waals surface area contributed by atoms with E-state index in [9.17, 15) is 9.59 Å². The predicted molar refractivity (Wildman–Crippen MR) is 62.3 cm³/mol. The number of aliphatic imine (C=N–C) groups is 2. The highest BCUT2D eigenvalue weighted by Gasteiger charge is 1.95. The second kappa shape index (κ2) is 11.6. The quantitative estimate of drug-likeness (QED) is 0.341. The van der Waals surface area contributed by atoms with Crippen molar-refractivity contribution in [3.63, 3.8) is 0 Å². The molecule has 0 fully saturated rings. The molecular formula is C12H18N2O2. The highest BCUT2D eigenvalue weighted by molar-refractivity contribution is 5.38. The minimum atomic E-state index is 0.494. The summed E-state index contributed by atoms with van der Waals surface area (Å²) in [6.07, 6.45) is 11.8. The lowest BCUT2D eigenvalue weighted by atomic mass is 10.1. The zero-order valence-electron chi connectivity index (χ0n) is 9.74. The number of hydrogen-bond acceptors (Lipinski definition) is 4. The highest BCUT2D eigenvalue weighted by atomic mass is 16.1. The Morgan fingerprint density at radius 2 is 1.75 bits per heavy atom. The summed E-state index contributed by atoms with van der Waals surface area (Å²) >= 11 is 0. The van der Waals surface area contributed by atoms with Crippen LogP contribution >= 0.6 is 0 Å². The van der Waals surface area contributed by atoms with E-state index < -0.39 is 0 Å². The molecule has 0 aliphatic heterocycles. The van der Waals surface area contributed by atoms with E-state index in [0.717, 1.165) is 12.8 Å². The molecule has 0 aromatic carbocycles. The third-order valence-electron chi connectivity index (χ3n) is 2.24. The Balaban J connectivity index is 3.77. The number of unbranched alkanes of at least 4 members (excludes halogenated alkanes) is 5. The molecule has 0 amide bonds. The molecule has 0 saturated carbocycles. The SMILES string of the molecule is CCCCCCCCC(=CN=C=O)N=C=O. The first-order valence-corrected chi connectivity index (χ1v) is 5.69. The van der Waals surface area contributed by atoms with Gasteiger partial charge in [0, 0.05) is 0 Å². The van der Waals surface area contributed by atoms with Gasteiger partial charge in [-0.15, -0.1) is 0 Å². The minimum absolute atomic E-state index is 0.494. The van der Waals surface area contributed by atoms with Crippen LogP contribution in [0.3, 0.4) is 0 Å². The zero-order chi connectivity index (χ0) is 12.1. The van der Waals surface area contributed by atoms with Crippen molar-refractivity contribution >= 4 is 12.2 Å². The van der Waals surface area contributed by atoms with E-state index in [1.807, 2.05) is 0 Å². The first-order chi connectivity index (χ1) is 7.85. The Morgan fingerprint density at radius 1 is 1.06 bits per heavy atom. The molecule has 0 unspecified atom stereocenters. The maximum absolute atomic E-state index is 10.1. The van der Waals surface area contributed by atoms with E-state index in [2.05, 4.69) is 16.9 Å². The van der Waals surface area contributed by atoms with E-state index in [1.165, 1.54) is 44.0 Å². The lowest BCUT2D eigenvalue weighted by molar-refractivity contribution is 0.562. The van der Waals surface area contributed by atoms with Gasteiger partial charge in [0.15, 0.2) is 0 Å². The molecule has 0 aromatic heterocycles. The zero-order valence-corrected chi connectivity index (χ0v) is 9.74. The van der Waals surface area contributed by atoms with Gasteiger partial charge < -0.3 is 0 Å². The number of carbonyl (C=O) groups excluding carboxylic acids is 2. The van der Waals surface area contributed by atoms with Crippen molar-refractivity contribution in [3.8, 4) is 0 Å². The Bertz CT molecular complexity index is 298. The summed E-state index contributed by atoms with van der Waals surface area (Å²) < 4.78 is 0. The molecule has 0 aliphatic carbocycles. The fourth-order valence-corrected chi connectivity index (χ4v) is 1.40. The van der Waals surface area contributed by atoms with Crippen LogP contribution in [0.4, 0.5) is 0 Å². The van der Waals surface area contributed by atoms with Crippen LogP contribution in [0.5, 0.6) is 0 Å². The Morgan fingerprint density at radius 3 is 2.38 bits per heavy atom. The maximum atomic E-state index is 10.1. The summed E-state index contributed by atoms with van der Waals surface area (Å²) in [5.41, 5.74) is 0.494. The third-order valence-corrected chi connectivity index (χ3v) is 2.24. The van der Waals surface area contributed by atoms with E-state index in [-0.39, 0.29) is 0 Å². The number of isocyanates is 2. The van der Waals surface area contributed by atoms with E-state index in [0.29, 0.717) is 12.1 Å². The van der Waals surface area contributed by atoms with Gasteiger partial charge in [-0.3, -0.25) is 0 Å². The lowest BCUT2D eigenvalue weighted by Gasteiger charge is -1.99. The van der Waals surface area contributed by atoms with Crippen LogP contribution in [-0.2, 0) is 9.59 Å². The fourth-order valence-electron chi connectivity index (χ4n) is 1.40. The summed E-state index contributed by atoms with van der Waals surface area (Å²) in [4.78, 5) is 26.7. The van der Waals surface area contributed by atoms with Crippen molar-refractivity contribution < 1.29 is 9.59 Å². The molecule has 0 spiro atoms. The van der Waals surface area contributed by atoms with Crippen LogP contribution in [0.15, 0.2) is 21.9 Å². The monoisotopic (exact) mass is 222 g/mol. The molecule has 16 heavy (non-hydrogen) atoms. The molecule has 4 nitrogen and oxygen atoms in total. The largest absolute Gasteiger partial charge is 0.240 e. The second-order valence-corrected chi connectivity index (χ2v) is 3.56. The number of allylic oxidation sites excluding steroid dienone is 1. The normalized spacial score (nSPS) is 10.4. The average Bonchev–Trinajstić information content (AvgIpc) is 2.30. The molecule has 0 bridgehead atoms. The molecule has 0 saturated heterocycles. The van der Waals surface area contributed by atoms with Crippen molar-refractivity contribution in [2.75, 3.05) is 0 Å². The van der Waals surface area contributed by atoms with E-state index >= 15 is 0 Å². The molecule has 0 aliphatic rings. The maximum Gasteiger partial charge on any atom is 0.240 e. The van der Waals surface area contributed by atoms with Crippen LogP contribution in [0.2, 0.25) is 0 Å². The number of hydrogen-bond donors (Lipinski definition) is 0. The molecule has 0 aromatic rings. The predicted octanol–water partition coefficient (Wildman–Crippen LogP) is 3.25. The summed E-state index contributed by atoms with van der Waals surface area (Å²) in [6.45, 7) is 2.18. The van der Waals surface area contributed by atoms with Crippen molar-refractivity contribution in [1.29, 1.82) is 0 Å². The van der Waals surface area contributed by atoms with Crippen molar-refractivity contribution in [2.45, 2.75) is 51.9 Å². The van der Waals surface area contributed by atoms with Gasteiger partial charge in [-0.25, -0.2) is 9.59 Å². The average molecular weight is 222 g/mol. The first-order valence-electron chi connectivity index (χ1n) is 5.69. The van der Waals surface area contributed by atoms with Crippen molar-refractivity contribution in [2.24, 2.45) is 9.98 Å². The topological polar surface area (TPSA) is 58.9 Å². The second-order valence-electron chi connectivity index (χ2n) is 3.56. The number of rotatable bonds is 9. The van der Waals surface area contributed by atoms with Gasteiger partial charge in [-0.1, -0.05) is 39.0 Å². The number of nitrogens with zero attached hydrogens (tertiary/aromatic N) is 2. The van der Waals surface area contributed by atoms with Crippen LogP contribution in [-0.4, -0.2) is 12.2 Å². The van der Waals surface area contributed by atoms with Gasteiger partial charge in [-0.2, -0.15) is 9.98 Å². The smallest absolute Gasteiger partial charge is 0.211 e. The molecule has 0 radical (unpaired) electrons. The Kier molecular flexibility index (Phi) is 10.5. The van der Waals surface area contributed by atoms with Crippen LogP contribution in [0.25, 0.3) is 0 Å². The fraction of sp³-hybridized carbons (Fsp3) is 0.667. The summed E-state index contributed by atoms with van der Waals surface area (Å²) in [5, 5.41) is 0. The third kappa shape index (κ3) is 9.07. The van der Waals surface area contributed by atoms with Crippen LogP contribution in [0.1, 0.15) is 51.9 Å². The molecule has 0 N–H and O–H groups in total. The van der Waals surface area contributed by atoms with Crippen molar-refractivity contribution in [1.82, 2.24) is 0 Å². The van der Waals surface area contributed by atoms with E-state index in [1.54, 1.807) is 0 Å². The van der Waals surface area contributed by atoms with Gasteiger partial charge in [-0.05, 0) is 12.8 Å². The lowest BCUT2D eigenvalue weighted by Crippen LogP contribution is -1.82. The summed E-state index contributed by atoms with van der Waals surface area (Å²) in [6, 6.07) is 0. The molecule has 0 atom stereocenters. The Hall–Kier alpha value is -1.50. The first kappa shape index (κ1) is 14.5.